The maximum Gasteiger partial charge on any atom is 0.259 e. The minimum Gasteiger partial charge on any atom is -0.492 e. The van der Waals surface area contributed by atoms with Gasteiger partial charge in [-0.05, 0) is 61.2 Å². The third-order valence-electron chi connectivity index (χ3n) is 4.54. The molecule has 3 aromatic rings. The molecule has 1 heterocycles. The number of rotatable bonds is 8. The number of pyridine rings is 1. The van der Waals surface area contributed by atoms with Crippen molar-refractivity contribution in [2.24, 2.45) is 5.92 Å². The van der Waals surface area contributed by atoms with Gasteiger partial charge in [-0.2, -0.15) is 0 Å². The Morgan fingerprint density at radius 2 is 1.82 bits per heavy atom. The number of nitrogens with one attached hydrogen (secondary N) is 1. The largest absolute Gasteiger partial charge is 0.492 e. The number of hydrogen-bond donors (Lipinski definition) is 1. The van der Waals surface area contributed by atoms with E-state index in [4.69, 9.17) is 9.47 Å². The van der Waals surface area contributed by atoms with E-state index in [-0.39, 0.29) is 5.91 Å². The Hall–Kier alpha value is -3.34. The number of aromatic nitrogens is 1. The Morgan fingerprint density at radius 3 is 2.57 bits per heavy atom. The molecular formula is C23H22N2O3. The molecule has 5 nitrogen and oxygen atoms in total. The molecule has 1 aliphatic carbocycles. The van der Waals surface area contributed by atoms with Crippen molar-refractivity contribution in [2.45, 2.75) is 19.4 Å². The van der Waals surface area contributed by atoms with E-state index in [1.165, 1.54) is 12.8 Å². The van der Waals surface area contributed by atoms with E-state index in [2.05, 4.69) is 10.3 Å². The second kappa shape index (κ2) is 8.57. The van der Waals surface area contributed by atoms with Gasteiger partial charge in [0.2, 0.25) is 0 Å². The molecule has 0 radical (unpaired) electrons. The van der Waals surface area contributed by atoms with Crippen LogP contribution in [-0.4, -0.2) is 17.5 Å². The lowest BCUT2D eigenvalue weighted by atomic mass is 10.2. The van der Waals surface area contributed by atoms with E-state index in [0.29, 0.717) is 36.1 Å². The number of hydrogen-bond acceptors (Lipinski definition) is 4. The minimum atomic E-state index is -0.185. The number of para-hydroxylation sites is 1. The number of carbonyl (C=O) groups excluding carboxylic acids is 1. The first-order chi connectivity index (χ1) is 13.8. The molecule has 0 unspecified atom stereocenters. The maximum atomic E-state index is 12.7. The molecule has 1 fully saturated rings. The predicted molar refractivity (Wildman–Crippen MR) is 108 cm³/mol. The van der Waals surface area contributed by atoms with Crippen molar-refractivity contribution in [3.8, 4) is 11.5 Å². The molecule has 1 saturated carbocycles. The molecule has 1 N–H and O–H groups in total. The molecule has 0 bridgehead atoms. The lowest BCUT2D eigenvalue weighted by Gasteiger charge is -2.12. The third kappa shape index (κ3) is 4.88. The first-order valence-corrected chi connectivity index (χ1v) is 9.43. The zero-order valence-corrected chi connectivity index (χ0v) is 15.5. The Labute approximate surface area is 164 Å². The van der Waals surface area contributed by atoms with Crippen LogP contribution >= 0.6 is 0 Å². The highest BCUT2D eigenvalue weighted by molar-refractivity contribution is 6.06. The summed E-state index contributed by atoms with van der Waals surface area (Å²) in [5, 5.41) is 2.92. The Kier molecular flexibility index (Phi) is 5.52. The second-order valence-electron chi connectivity index (χ2n) is 6.88. The zero-order chi connectivity index (χ0) is 19.2. The standard InChI is InChI=1S/C23H22N2O3/c26-23(21-5-1-2-6-22(21)28-15-17-7-8-17)25-19-9-11-20(12-10-19)27-16-18-4-3-13-24-14-18/h1-6,9-14,17H,7-8,15-16H2,(H,25,26). The van der Waals surface area contributed by atoms with E-state index in [1.807, 2.05) is 54.6 Å². The summed E-state index contributed by atoms with van der Waals surface area (Å²) in [4.78, 5) is 16.7. The van der Waals surface area contributed by atoms with Gasteiger partial charge >= 0.3 is 0 Å². The third-order valence-corrected chi connectivity index (χ3v) is 4.54. The van der Waals surface area contributed by atoms with Crippen LogP contribution in [0.3, 0.4) is 0 Å². The fourth-order valence-electron chi connectivity index (χ4n) is 2.76. The molecule has 0 saturated heterocycles. The maximum absolute atomic E-state index is 12.7. The van der Waals surface area contributed by atoms with Gasteiger partial charge in [0, 0.05) is 23.6 Å². The van der Waals surface area contributed by atoms with Gasteiger partial charge in [-0.25, -0.2) is 0 Å². The van der Waals surface area contributed by atoms with E-state index < -0.39 is 0 Å². The van der Waals surface area contributed by atoms with Gasteiger partial charge < -0.3 is 14.8 Å². The molecule has 1 aromatic heterocycles. The molecule has 2 aromatic carbocycles. The highest BCUT2D eigenvalue weighted by Crippen LogP contribution is 2.30. The van der Waals surface area contributed by atoms with Gasteiger partial charge in [0.05, 0.1) is 12.2 Å². The van der Waals surface area contributed by atoms with Crippen LogP contribution in [0.1, 0.15) is 28.8 Å². The second-order valence-corrected chi connectivity index (χ2v) is 6.88. The van der Waals surface area contributed by atoms with Crippen molar-refractivity contribution in [1.29, 1.82) is 0 Å². The SMILES string of the molecule is O=C(Nc1ccc(OCc2cccnc2)cc1)c1ccccc1OCC1CC1. The molecular weight excluding hydrogens is 352 g/mol. The smallest absolute Gasteiger partial charge is 0.259 e. The minimum absolute atomic E-state index is 0.185. The lowest BCUT2D eigenvalue weighted by molar-refractivity contribution is 0.102. The van der Waals surface area contributed by atoms with Gasteiger partial charge in [0.25, 0.3) is 5.91 Å². The van der Waals surface area contributed by atoms with E-state index >= 15 is 0 Å². The first kappa shape index (κ1) is 18.0. The van der Waals surface area contributed by atoms with Gasteiger partial charge in [-0.1, -0.05) is 18.2 Å². The van der Waals surface area contributed by atoms with Crippen molar-refractivity contribution in [1.82, 2.24) is 4.98 Å². The molecule has 28 heavy (non-hydrogen) atoms. The summed E-state index contributed by atoms with van der Waals surface area (Å²) in [6.07, 6.45) is 5.93. The quantitative estimate of drug-likeness (QED) is 0.621. The van der Waals surface area contributed by atoms with Gasteiger partial charge in [-0.15, -0.1) is 0 Å². The van der Waals surface area contributed by atoms with Crippen molar-refractivity contribution in [3.63, 3.8) is 0 Å². The summed E-state index contributed by atoms with van der Waals surface area (Å²) in [6.45, 7) is 1.12. The summed E-state index contributed by atoms with van der Waals surface area (Å²) < 4.78 is 11.6. The van der Waals surface area contributed by atoms with Crippen molar-refractivity contribution in [2.75, 3.05) is 11.9 Å². The summed E-state index contributed by atoms with van der Waals surface area (Å²) in [7, 11) is 0. The fourth-order valence-corrected chi connectivity index (χ4v) is 2.76. The van der Waals surface area contributed by atoms with Crippen LogP contribution in [0, 0.1) is 5.92 Å². The molecule has 1 aliphatic rings. The predicted octanol–water partition coefficient (Wildman–Crippen LogP) is 4.70. The Morgan fingerprint density at radius 1 is 1.00 bits per heavy atom. The Balaban J connectivity index is 1.35. The average molecular weight is 374 g/mol. The van der Waals surface area contributed by atoms with E-state index in [1.54, 1.807) is 18.5 Å². The van der Waals surface area contributed by atoms with Crippen LogP contribution in [0.25, 0.3) is 0 Å². The van der Waals surface area contributed by atoms with Gasteiger partial charge in [0.15, 0.2) is 0 Å². The molecule has 0 aliphatic heterocycles. The molecule has 1 amide bonds. The molecule has 4 rings (SSSR count). The van der Waals surface area contributed by atoms with Crippen LogP contribution in [0.15, 0.2) is 73.1 Å². The summed E-state index contributed by atoms with van der Waals surface area (Å²) in [5.74, 6) is 1.81. The van der Waals surface area contributed by atoms with Crippen LogP contribution in [-0.2, 0) is 6.61 Å². The molecule has 0 spiro atoms. The number of carbonyl (C=O) groups is 1. The number of nitrogens with zero attached hydrogens (tertiary/aromatic N) is 1. The highest BCUT2D eigenvalue weighted by atomic mass is 16.5. The first-order valence-electron chi connectivity index (χ1n) is 9.43. The number of anilines is 1. The van der Waals surface area contributed by atoms with Crippen molar-refractivity contribution >= 4 is 11.6 Å². The monoisotopic (exact) mass is 374 g/mol. The fraction of sp³-hybridized carbons (Fsp3) is 0.217. The van der Waals surface area contributed by atoms with Gasteiger partial charge in [0.1, 0.15) is 18.1 Å². The number of amides is 1. The number of benzene rings is 2. The average Bonchev–Trinajstić information content (AvgIpc) is 3.57. The van der Waals surface area contributed by atoms with Crippen LogP contribution < -0.4 is 14.8 Å². The van der Waals surface area contributed by atoms with Crippen molar-refractivity contribution in [3.05, 3.63) is 84.2 Å². The summed E-state index contributed by atoms with van der Waals surface area (Å²) in [5.41, 5.74) is 2.25. The Bertz CT molecular complexity index is 922. The van der Waals surface area contributed by atoms with Crippen LogP contribution in [0.2, 0.25) is 0 Å². The summed E-state index contributed by atoms with van der Waals surface area (Å²) >= 11 is 0. The number of ether oxygens (including phenoxy) is 2. The normalized spacial score (nSPS) is 13.0. The topological polar surface area (TPSA) is 60.5 Å². The van der Waals surface area contributed by atoms with Gasteiger partial charge in [-0.3, -0.25) is 9.78 Å². The molecule has 0 atom stereocenters. The van der Waals surface area contributed by atoms with E-state index in [0.717, 1.165) is 11.3 Å². The highest BCUT2D eigenvalue weighted by Gasteiger charge is 2.23. The van der Waals surface area contributed by atoms with Crippen LogP contribution in [0.4, 0.5) is 5.69 Å². The van der Waals surface area contributed by atoms with E-state index in [9.17, 15) is 4.79 Å². The zero-order valence-electron chi connectivity index (χ0n) is 15.5. The van der Waals surface area contributed by atoms with Crippen LogP contribution in [0.5, 0.6) is 11.5 Å². The molecule has 5 heteroatoms. The molecule has 142 valence electrons. The lowest BCUT2D eigenvalue weighted by Crippen LogP contribution is -2.14. The van der Waals surface area contributed by atoms with Crippen molar-refractivity contribution < 1.29 is 14.3 Å². The summed E-state index contributed by atoms with van der Waals surface area (Å²) in [6, 6.07) is 18.5.